The Labute approximate surface area is 196 Å². The van der Waals surface area contributed by atoms with E-state index in [1.165, 1.54) is 32.1 Å². The molecule has 5 heteroatoms. The van der Waals surface area contributed by atoms with Crippen LogP contribution in [0.2, 0.25) is 0 Å². The number of hydrazone groups is 1. The summed E-state index contributed by atoms with van der Waals surface area (Å²) in [6.07, 6.45) is 13.3. The summed E-state index contributed by atoms with van der Waals surface area (Å²) in [4.78, 5) is 0. The van der Waals surface area contributed by atoms with Gasteiger partial charge < -0.3 is 5.11 Å². The molecule has 0 radical (unpaired) electrons. The summed E-state index contributed by atoms with van der Waals surface area (Å²) >= 11 is 0. The second kappa shape index (κ2) is 7.36. The zero-order chi connectivity index (χ0) is 22.8. The van der Waals surface area contributed by atoms with Crippen molar-refractivity contribution in [1.82, 2.24) is 10.2 Å². The average Bonchev–Trinajstić information content (AvgIpc) is 3.06. The van der Waals surface area contributed by atoms with Crippen LogP contribution in [0.5, 0.6) is 0 Å². The van der Waals surface area contributed by atoms with Gasteiger partial charge in [-0.2, -0.15) is 10.2 Å². The molecule has 6 unspecified atom stereocenters. The fourth-order valence-corrected chi connectivity index (χ4v) is 8.14. The number of nitrogens with zero attached hydrogens (tertiary/aromatic N) is 3. The first-order valence-corrected chi connectivity index (χ1v) is 12.8. The Hall–Kier alpha value is -2.27. The quantitative estimate of drug-likeness (QED) is 0.548. The predicted octanol–water partition coefficient (Wildman–Crippen LogP) is 6.11. The van der Waals surface area contributed by atoms with Crippen molar-refractivity contribution in [1.29, 1.82) is 0 Å². The van der Waals surface area contributed by atoms with Gasteiger partial charge in [-0.3, -0.25) is 5.43 Å². The molecule has 6 rings (SSSR count). The van der Waals surface area contributed by atoms with Crippen molar-refractivity contribution in [2.24, 2.45) is 33.7 Å². The second-order valence-electron chi connectivity index (χ2n) is 11.8. The van der Waals surface area contributed by atoms with Gasteiger partial charge in [0.15, 0.2) is 5.82 Å². The van der Waals surface area contributed by atoms with Crippen LogP contribution < -0.4 is 5.43 Å². The van der Waals surface area contributed by atoms with E-state index < -0.39 is 5.60 Å². The van der Waals surface area contributed by atoms with Crippen molar-refractivity contribution in [3.63, 3.8) is 0 Å². The predicted molar refractivity (Wildman–Crippen MR) is 133 cm³/mol. The Morgan fingerprint density at radius 2 is 1.82 bits per heavy atom. The van der Waals surface area contributed by atoms with Crippen molar-refractivity contribution >= 4 is 22.3 Å². The van der Waals surface area contributed by atoms with Gasteiger partial charge in [-0.15, -0.1) is 5.10 Å². The summed E-state index contributed by atoms with van der Waals surface area (Å²) in [6, 6.07) is 8.14. The van der Waals surface area contributed by atoms with Crippen LogP contribution in [0.4, 0.5) is 5.82 Å². The molecule has 2 N–H and O–H groups in total. The number of hydrogen-bond acceptors (Lipinski definition) is 5. The molecular weight excluding hydrogens is 408 g/mol. The number of benzene rings is 1. The van der Waals surface area contributed by atoms with Crippen molar-refractivity contribution in [3.8, 4) is 0 Å². The molecule has 1 heterocycles. The van der Waals surface area contributed by atoms with E-state index in [2.05, 4.69) is 48.5 Å². The van der Waals surface area contributed by atoms with E-state index in [1.807, 2.05) is 18.2 Å². The van der Waals surface area contributed by atoms with Gasteiger partial charge in [0.2, 0.25) is 0 Å². The number of allylic oxidation sites excluding steroid dienone is 2. The highest BCUT2D eigenvalue weighted by molar-refractivity contribution is 5.98. The first kappa shape index (κ1) is 21.3. The van der Waals surface area contributed by atoms with Crippen molar-refractivity contribution in [2.45, 2.75) is 77.7 Å². The normalized spacial score (nSPS) is 41.3. The van der Waals surface area contributed by atoms with Crippen LogP contribution >= 0.6 is 0 Å². The zero-order valence-corrected chi connectivity index (χ0v) is 20.1. The molecule has 0 aliphatic heterocycles. The number of aliphatic hydroxyl groups is 1. The molecule has 174 valence electrons. The fourth-order valence-electron chi connectivity index (χ4n) is 8.14. The molecule has 0 bridgehead atoms. The molecule has 0 amide bonds. The molecule has 0 saturated heterocycles. The van der Waals surface area contributed by atoms with Gasteiger partial charge in [0.05, 0.1) is 17.5 Å². The lowest BCUT2D eigenvalue weighted by atomic mass is 9.46. The van der Waals surface area contributed by atoms with Crippen LogP contribution in [0.1, 0.15) is 72.1 Å². The average molecular weight is 445 g/mol. The third-order valence-electron chi connectivity index (χ3n) is 10.4. The number of anilines is 1. The van der Waals surface area contributed by atoms with Gasteiger partial charge in [-0.05, 0) is 93.0 Å². The molecule has 3 fully saturated rings. The number of rotatable bonds is 2. The van der Waals surface area contributed by atoms with E-state index in [-0.39, 0.29) is 10.8 Å². The Balaban J connectivity index is 1.25. The summed E-state index contributed by atoms with van der Waals surface area (Å²) in [5, 5.41) is 26.4. The van der Waals surface area contributed by atoms with Gasteiger partial charge >= 0.3 is 0 Å². The highest BCUT2D eigenvalue weighted by Crippen LogP contribution is 2.67. The first-order valence-electron chi connectivity index (χ1n) is 12.8. The maximum absolute atomic E-state index is 11.1. The number of nitrogens with one attached hydrogen (secondary N) is 1. The highest BCUT2D eigenvalue weighted by atomic mass is 16.3. The molecule has 4 aliphatic carbocycles. The molecule has 1 aromatic heterocycles. The minimum atomic E-state index is -0.498. The van der Waals surface area contributed by atoms with Crippen LogP contribution in [-0.2, 0) is 0 Å². The Morgan fingerprint density at radius 1 is 1.00 bits per heavy atom. The minimum absolute atomic E-state index is 0.0937. The molecule has 0 spiro atoms. The van der Waals surface area contributed by atoms with Crippen LogP contribution in [0, 0.1) is 28.6 Å². The largest absolute Gasteiger partial charge is 0.390 e. The molecule has 4 aliphatic rings. The monoisotopic (exact) mass is 444 g/mol. The van der Waals surface area contributed by atoms with Gasteiger partial charge in [-0.1, -0.05) is 43.7 Å². The lowest BCUT2D eigenvalue weighted by molar-refractivity contribution is -0.117. The van der Waals surface area contributed by atoms with E-state index in [4.69, 9.17) is 5.10 Å². The first-order chi connectivity index (χ1) is 15.8. The third-order valence-corrected chi connectivity index (χ3v) is 10.4. The van der Waals surface area contributed by atoms with E-state index in [9.17, 15) is 5.11 Å². The summed E-state index contributed by atoms with van der Waals surface area (Å²) in [5.41, 5.74) is 5.79. The summed E-state index contributed by atoms with van der Waals surface area (Å²) < 4.78 is 0. The Kier molecular flexibility index (Phi) is 4.75. The topological polar surface area (TPSA) is 70.4 Å². The number of aromatic nitrogens is 2. The summed E-state index contributed by atoms with van der Waals surface area (Å²) in [6.45, 7) is 6.99. The maximum atomic E-state index is 11.1. The van der Waals surface area contributed by atoms with Gasteiger partial charge in [0, 0.05) is 10.8 Å². The Morgan fingerprint density at radius 3 is 2.70 bits per heavy atom. The number of fused-ring (bicyclic) bond motifs is 6. The van der Waals surface area contributed by atoms with Crippen LogP contribution in [0.3, 0.4) is 0 Å². The number of hydrogen-bond donors (Lipinski definition) is 2. The SMILES string of the molecule is CC12CC/C(=N\Nc3nncc4ccccc34)C=C1CCC1C2CCC2(C)C1CCC2(C)O. The van der Waals surface area contributed by atoms with Crippen molar-refractivity contribution < 1.29 is 5.11 Å². The molecule has 3 saturated carbocycles. The fraction of sp³-hybridized carbons (Fsp3) is 0.607. The van der Waals surface area contributed by atoms with Crippen LogP contribution in [0.15, 0.2) is 47.2 Å². The molecule has 6 atom stereocenters. The Bertz CT molecular complexity index is 1150. The van der Waals surface area contributed by atoms with E-state index in [0.29, 0.717) is 5.92 Å². The standard InChI is InChI=1S/C28H36N4O/c1-26-13-10-20(30-32-25-21-7-5-4-6-18(21)17-29-31-25)16-19(26)8-9-22-23(26)11-14-27(2)24(22)12-15-28(27,3)33/h4-7,16-17,22-24,33H,8-15H2,1-3H3,(H,31,32)/b30-20+. The highest BCUT2D eigenvalue weighted by Gasteiger charge is 2.62. The van der Waals surface area contributed by atoms with Crippen molar-refractivity contribution in [3.05, 3.63) is 42.1 Å². The second-order valence-corrected chi connectivity index (χ2v) is 11.8. The lowest BCUT2D eigenvalue weighted by Gasteiger charge is -2.59. The maximum Gasteiger partial charge on any atom is 0.176 e. The van der Waals surface area contributed by atoms with Gasteiger partial charge in [0.25, 0.3) is 0 Å². The molecule has 33 heavy (non-hydrogen) atoms. The lowest BCUT2D eigenvalue weighted by Crippen LogP contribution is -2.53. The summed E-state index contributed by atoms with van der Waals surface area (Å²) in [5.74, 6) is 2.88. The van der Waals surface area contributed by atoms with Crippen LogP contribution in [0.25, 0.3) is 10.8 Å². The van der Waals surface area contributed by atoms with E-state index in [0.717, 1.165) is 53.4 Å². The molecule has 1 aromatic carbocycles. The van der Waals surface area contributed by atoms with E-state index >= 15 is 0 Å². The smallest absolute Gasteiger partial charge is 0.176 e. The van der Waals surface area contributed by atoms with Gasteiger partial charge in [-0.25, -0.2) is 0 Å². The van der Waals surface area contributed by atoms with E-state index in [1.54, 1.807) is 11.8 Å². The third kappa shape index (κ3) is 3.11. The zero-order valence-electron chi connectivity index (χ0n) is 20.1. The molecule has 5 nitrogen and oxygen atoms in total. The van der Waals surface area contributed by atoms with Crippen molar-refractivity contribution in [2.75, 3.05) is 5.43 Å². The molecular formula is C28H36N4O. The van der Waals surface area contributed by atoms with Crippen LogP contribution in [-0.4, -0.2) is 26.6 Å². The molecule has 2 aromatic rings. The summed E-state index contributed by atoms with van der Waals surface area (Å²) in [7, 11) is 0. The van der Waals surface area contributed by atoms with Gasteiger partial charge in [0.1, 0.15) is 0 Å². The minimum Gasteiger partial charge on any atom is -0.390 e.